The Kier molecular flexibility index (Phi) is 2.72. The summed E-state index contributed by atoms with van der Waals surface area (Å²) in [5, 5.41) is 19.6. The lowest BCUT2D eigenvalue weighted by Gasteiger charge is -2.25. The van der Waals surface area contributed by atoms with E-state index in [1.165, 1.54) is 0 Å². The van der Waals surface area contributed by atoms with E-state index in [1.807, 2.05) is 6.92 Å². The van der Waals surface area contributed by atoms with Crippen LogP contribution in [0.1, 0.15) is 13.3 Å². The molecule has 0 aromatic carbocycles. The van der Waals surface area contributed by atoms with E-state index < -0.39 is 12.5 Å². The molecule has 0 aromatic rings. The number of thioether (sulfide) groups is 1. The van der Waals surface area contributed by atoms with Gasteiger partial charge < -0.3 is 10.2 Å². The minimum Gasteiger partial charge on any atom is -0.374 e. The second-order valence-corrected chi connectivity index (χ2v) is 6.16. The summed E-state index contributed by atoms with van der Waals surface area (Å²) in [7, 11) is 0. The summed E-state index contributed by atoms with van der Waals surface area (Å²) in [6, 6.07) is 0. The highest BCUT2D eigenvalue weighted by atomic mass is 79.9. The van der Waals surface area contributed by atoms with Crippen molar-refractivity contribution in [2.75, 3.05) is 6.54 Å². The number of rotatable bonds is 1. The van der Waals surface area contributed by atoms with Crippen LogP contribution in [0.3, 0.4) is 0 Å². The summed E-state index contributed by atoms with van der Waals surface area (Å²) in [6.07, 6.45) is -0.345. The first-order chi connectivity index (χ1) is 6.15. The molecule has 0 saturated carbocycles. The monoisotopic (exact) mass is 265 g/mol. The van der Waals surface area contributed by atoms with Gasteiger partial charge >= 0.3 is 0 Å². The number of hydrogen-bond acceptors (Lipinski definition) is 4. The Morgan fingerprint density at radius 3 is 2.77 bits per heavy atom. The highest BCUT2D eigenvalue weighted by molar-refractivity contribution is 9.11. The van der Waals surface area contributed by atoms with Crippen molar-refractivity contribution in [3.8, 4) is 0 Å². The first-order valence-electron chi connectivity index (χ1n) is 4.30. The first-order valence-corrected chi connectivity index (χ1v) is 6.10. The van der Waals surface area contributed by atoms with E-state index in [4.69, 9.17) is 0 Å². The average Bonchev–Trinajstić information content (AvgIpc) is 2.55. The Labute approximate surface area is 89.9 Å². The van der Waals surface area contributed by atoms with Crippen molar-refractivity contribution < 1.29 is 10.2 Å². The molecule has 3 nitrogen and oxygen atoms in total. The zero-order valence-corrected chi connectivity index (χ0v) is 9.68. The Morgan fingerprint density at radius 1 is 1.54 bits per heavy atom. The molecule has 0 radical (unpaired) electrons. The van der Waals surface area contributed by atoms with Gasteiger partial charge in [-0.05, 0) is 12.0 Å². The van der Waals surface area contributed by atoms with Gasteiger partial charge in [0.1, 0.15) is 12.5 Å². The molecule has 0 aliphatic carbocycles. The van der Waals surface area contributed by atoms with Gasteiger partial charge in [0.15, 0.2) is 0 Å². The molecule has 5 heteroatoms. The molecule has 2 heterocycles. The molecule has 2 rings (SSSR count). The molecule has 13 heavy (non-hydrogen) atoms. The van der Waals surface area contributed by atoms with Crippen LogP contribution in [0, 0.1) is 0 Å². The third kappa shape index (κ3) is 1.47. The van der Waals surface area contributed by atoms with Gasteiger partial charge in [0.25, 0.3) is 0 Å². The van der Waals surface area contributed by atoms with Crippen molar-refractivity contribution in [1.82, 2.24) is 4.90 Å². The van der Waals surface area contributed by atoms with E-state index in [-0.39, 0.29) is 0 Å². The van der Waals surface area contributed by atoms with Gasteiger partial charge in [-0.3, -0.25) is 0 Å². The van der Waals surface area contributed by atoms with Gasteiger partial charge in [-0.15, -0.1) is 11.8 Å². The topological polar surface area (TPSA) is 43.7 Å². The lowest BCUT2D eigenvalue weighted by atomic mass is 10.2. The van der Waals surface area contributed by atoms with Crippen LogP contribution in [-0.2, 0) is 0 Å². The maximum atomic E-state index is 9.82. The number of aliphatic hydroxyl groups excluding tert-OH is 2. The highest BCUT2D eigenvalue weighted by Crippen LogP contribution is 2.48. The van der Waals surface area contributed by atoms with E-state index in [0.717, 1.165) is 16.9 Å². The van der Waals surface area contributed by atoms with Gasteiger partial charge in [-0.25, -0.2) is 4.90 Å². The van der Waals surface area contributed by atoms with Crippen LogP contribution in [0.2, 0.25) is 0 Å². The predicted molar refractivity (Wildman–Crippen MR) is 56.3 cm³/mol. The van der Waals surface area contributed by atoms with Crippen LogP contribution in [0.15, 0.2) is 10.5 Å². The highest BCUT2D eigenvalue weighted by Gasteiger charge is 2.42. The molecule has 2 N–H and O–H groups in total. The molecule has 2 aliphatic rings. The van der Waals surface area contributed by atoms with Crippen LogP contribution in [0.4, 0.5) is 0 Å². The summed E-state index contributed by atoms with van der Waals surface area (Å²) in [5.41, 5.74) is 0.987. The number of hydrogen-bond donors (Lipinski definition) is 2. The lowest BCUT2D eigenvalue weighted by molar-refractivity contribution is -0.0414. The number of aliphatic hydroxyl groups is 2. The molecule has 0 spiro atoms. The molecular weight excluding hydrogens is 254 g/mol. The van der Waals surface area contributed by atoms with Crippen LogP contribution >= 0.6 is 27.7 Å². The van der Waals surface area contributed by atoms with Gasteiger partial charge in [0, 0.05) is 11.4 Å². The third-order valence-corrected chi connectivity index (χ3v) is 4.53. The normalized spacial score (nSPS) is 40.2. The third-order valence-electron chi connectivity index (χ3n) is 2.49. The number of halogens is 1. The summed E-state index contributed by atoms with van der Waals surface area (Å²) < 4.78 is 0.320. The largest absolute Gasteiger partial charge is 0.374 e. The predicted octanol–water partition coefficient (Wildman–Crippen LogP) is 1.07. The minimum absolute atomic E-state index is 0.320. The Morgan fingerprint density at radius 2 is 2.23 bits per heavy atom. The zero-order chi connectivity index (χ0) is 9.59. The number of likely N-dealkylation sites (N-methyl/N-ethyl adjacent to an activating group) is 1. The lowest BCUT2D eigenvalue weighted by Crippen LogP contribution is -2.38. The van der Waals surface area contributed by atoms with Crippen LogP contribution in [0.5, 0.6) is 0 Å². The molecule has 0 amide bonds. The van der Waals surface area contributed by atoms with Crippen molar-refractivity contribution in [3.05, 3.63) is 10.5 Å². The fourth-order valence-electron chi connectivity index (χ4n) is 1.82. The second-order valence-electron chi connectivity index (χ2n) is 3.20. The second kappa shape index (κ2) is 3.55. The molecule has 3 unspecified atom stereocenters. The maximum Gasteiger partial charge on any atom is 0.141 e. The van der Waals surface area contributed by atoms with Crippen molar-refractivity contribution >= 4 is 27.7 Å². The van der Waals surface area contributed by atoms with Crippen LogP contribution in [-0.4, -0.2) is 38.3 Å². The molecule has 2 aliphatic heterocycles. The van der Waals surface area contributed by atoms with E-state index in [2.05, 4.69) is 15.9 Å². The number of alkyl halides is 1. The van der Waals surface area contributed by atoms with Crippen molar-refractivity contribution in [1.29, 1.82) is 0 Å². The summed E-state index contributed by atoms with van der Waals surface area (Å²) in [4.78, 5) is 2.63. The molecule has 3 atom stereocenters. The van der Waals surface area contributed by atoms with E-state index >= 15 is 0 Å². The quantitative estimate of drug-likeness (QED) is 0.697. The Bertz CT molecular complexity index is 237. The van der Waals surface area contributed by atoms with Crippen LogP contribution in [0.25, 0.3) is 0 Å². The van der Waals surface area contributed by atoms with Gasteiger partial charge in [-0.2, -0.15) is 0 Å². The van der Waals surface area contributed by atoms with Gasteiger partial charge in [0.2, 0.25) is 0 Å². The molecule has 0 bridgehead atoms. The van der Waals surface area contributed by atoms with Crippen LogP contribution < -0.4 is 0 Å². The fourth-order valence-corrected chi connectivity index (χ4v) is 3.91. The molecular formula is C8H12BrNO2S. The zero-order valence-electron chi connectivity index (χ0n) is 7.27. The molecule has 0 saturated heterocycles. The maximum absolute atomic E-state index is 9.82. The smallest absolute Gasteiger partial charge is 0.141 e. The number of nitrogens with zero attached hydrogens (tertiary/aromatic N) is 1. The molecule has 74 valence electrons. The van der Waals surface area contributed by atoms with Gasteiger partial charge in [0.05, 0.1) is 4.16 Å². The molecule has 0 aromatic heterocycles. The van der Waals surface area contributed by atoms with Crippen molar-refractivity contribution in [2.24, 2.45) is 0 Å². The Balaban J connectivity index is 2.21. The van der Waals surface area contributed by atoms with Crippen molar-refractivity contribution in [3.63, 3.8) is 0 Å². The first kappa shape index (κ1) is 9.98. The Hall–Kier alpha value is 0.450. The SMILES string of the molecule is CCN1C(O)C2=C(SC(Br)C2)C1O. The van der Waals surface area contributed by atoms with E-state index in [0.29, 0.717) is 10.7 Å². The van der Waals surface area contributed by atoms with Crippen molar-refractivity contribution in [2.45, 2.75) is 30.0 Å². The summed E-state index contributed by atoms with van der Waals surface area (Å²) in [6.45, 7) is 2.60. The minimum atomic E-state index is -0.595. The fraction of sp³-hybridized carbons (Fsp3) is 0.750. The van der Waals surface area contributed by atoms with E-state index in [1.54, 1.807) is 16.7 Å². The average molecular weight is 266 g/mol. The van der Waals surface area contributed by atoms with E-state index in [9.17, 15) is 10.2 Å². The standard InChI is InChI=1S/C8H12BrNO2S/c1-2-10-7(11)4-3-5(9)13-6(4)8(10)12/h5,7-8,11-12H,2-3H2,1H3. The molecule has 0 fully saturated rings. The summed E-state index contributed by atoms with van der Waals surface area (Å²) in [5.74, 6) is 0. The summed E-state index contributed by atoms with van der Waals surface area (Å²) >= 11 is 5.08. The van der Waals surface area contributed by atoms with Gasteiger partial charge in [-0.1, -0.05) is 22.9 Å².